The Bertz CT molecular complexity index is 852. The first-order valence-corrected chi connectivity index (χ1v) is 8.32. The second-order valence-electron chi connectivity index (χ2n) is 5.42. The molecule has 1 fully saturated rings. The summed E-state index contributed by atoms with van der Waals surface area (Å²) < 4.78 is 3.38. The number of rotatable bonds is 2. The standard InChI is InChI=1S/C16H13ClIN3/c17-10-3-5-14(12(18)7-10)21-15-6-4-11(19)8-13(15)20-16(21)9-1-2-9/h3-9H,1-2,19H2. The fraction of sp³-hybridized carbons (Fsp3) is 0.188. The van der Waals surface area contributed by atoms with Gasteiger partial charge in [0.15, 0.2) is 0 Å². The fourth-order valence-corrected chi connectivity index (χ4v) is 3.76. The van der Waals surface area contributed by atoms with Gasteiger partial charge in [-0.05, 0) is 71.8 Å². The highest BCUT2D eigenvalue weighted by Gasteiger charge is 2.30. The first-order valence-electron chi connectivity index (χ1n) is 6.87. The van der Waals surface area contributed by atoms with Gasteiger partial charge in [-0.25, -0.2) is 4.98 Å². The van der Waals surface area contributed by atoms with E-state index in [1.165, 1.54) is 12.8 Å². The van der Waals surface area contributed by atoms with Crippen molar-refractivity contribution < 1.29 is 0 Å². The molecule has 21 heavy (non-hydrogen) atoms. The number of fused-ring (bicyclic) bond motifs is 1. The molecule has 0 amide bonds. The van der Waals surface area contributed by atoms with E-state index in [-0.39, 0.29) is 0 Å². The summed E-state index contributed by atoms with van der Waals surface area (Å²) in [5.41, 5.74) is 9.84. The number of imidazole rings is 1. The molecule has 1 saturated carbocycles. The van der Waals surface area contributed by atoms with Crippen molar-refractivity contribution >= 4 is 50.9 Å². The minimum atomic E-state index is 0.560. The zero-order valence-corrected chi connectivity index (χ0v) is 14.1. The van der Waals surface area contributed by atoms with Crippen LogP contribution in [0.1, 0.15) is 24.6 Å². The van der Waals surface area contributed by atoms with Gasteiger partial charge in [0.05, 0.1) is 16.7 Å². The number of aromatic nitrogens is 2. The number of hydrogen-bond donors (Lipinski definition) is 1. The van der Waals surface area contributed by atoms with Crippen molar-refractivity contribution in [2.24, 2.45) is 0 Å². The molecular formula is C16H13ClIN3. The zero-order valence-electron chi connectivity index (χ0n) is 11.2. The molecule has 0 atom stereocenters. The molecule has 1 aromatic heterocycles. The van der Waals surface area contributed by atoms with Crippen molar-refractivity contribution in [2.75, 3.05) is 5.73 Å². The molecule has 5 heteroatoms. The Morgan fingerprint density at radius 1 is 1.19 bits per heavy atom. The molecule has 0 aliphatic heterocycles. The van der Waals surface area contributed by atoms with Crippen LogP contribution in [0.15, 0.2) is 36.4 Å². The molecule has 1 aliphatic carbocycles. The first-order chi connectivity index (χ1) is 10.1. The van der Waals surface area contributed by atoms with Gasteiger partial charge in [0, 0.05) is 20.2 Å². The van der Waals surface area contributed by atoms with Gasteiger partial charge in [-0.1, -0.05) is 11.6 Å². The number of nitrogens with two attached hydrogens (primary N) is 1. The van der Waals surface area contributed by atoms with Gasteiger partial charge in [0.1, 0.15) is 5.82 Å². The summed E-state index contributed by atoms with van der Waals surface area (Å²) in [6.45, 7) is 0. The molecule has 0 saturated heterocycles. The van der Waals surface area contributed by atoms with Crippen LogP contribution < -0.4 is 5.73 Å². The van der Waals surface area contributed by atoms with E-state index in [0.29, 0.717) is 5.92 Å². The predicted octanol–water partition coefficient (Wildman–Crippen LogP) is 4.74. The molecule has 1 aliphatic rings. The molecule has 0 spiro atoms. The minimum absolute atomic E-state index is 0.560. The lowest BCUT2D eigenvalue weighted by Crippen LogP contribution is -2.02. The quantitative estimate of drug-likeness (QED) is 0.491. The Labute approximate surface area is 141 Å². The van der Waals surface area contributed by atoms with Crippen LogP contribution in [0.2, 0.25) is 5.02 Å². The van der Waals surface area contributed by atoms with Gasteiger partial charge in [-0.3, -0.25) is 4.57 Å². The summed E-state index contributed by atoms with van der Waals surface area (Å²) in [6.07, 6.45) is 2.42. The number of halogens is 2. The molecule has 3 aromatic rings. The molecule has 0 radical (unpaired) electrons. The molecular weight excluding hydrogens is 397 g/mol. The summed E-state index contributed by atoms with van der Waals surface area (Å²) in [6, 6.07) is 11.9. The third kappa shape index (κ3) is 2.30. The smallest absolute Gasteiger partial charge is 0.117 e. The van der Waals surface area contributed by atoms with Crippen LogP contribution in [0.25, 0.3) is 16.7 Å². The number of nitrogen functional groups attached to an aromatic ring is 1. The average molecular weight is 410 g/mol. The van der Waals surface area contributed by atoms with Gasteiger partial charge in [0.2, 0.25) is 0 Å². The van der Waals surface area contributed by atoms with E-state index in [1.807, 2.05) is 30.3 Å². The van der Waals surface area contributed by atoms with Gasteiger partial charge in [-0.2, -0.15) is 0 Å². The van der Waals surface area contributed by atoms with Gasteiger partial charge < -0.3 is 5.73 Å². The van der Waals surface area contributed by atoms with E-state index in [2.05, 4.69) is 33.2 Å². The Morgan fingerprint density at radius 3 is 2.71 bits per heavy atom. The van der Waals surface area contributed by atoms with Crippen LogP contribution in [0.3, 0.4) is 0 Å². The van der Waals surface area contributed by atoms with Crippen molar-refractivity contribution in [1.29, 1.82) is 0 Å². The van der Waals surface area contributed by atoms with E-state index >= 15 is 0 Å². The third-order valence-electron chi connectivity index (χ3n) is 3.80. The summed E-state index contributed by atoms with van der Waals surface area (Å²) in [5, 5.41) is 0.754. The molecule has 0 unspecified atom stereocenters. The van der Waals surface area contributed by atoms with E-state index in [9.17, 15) is 0 Å². The molecule has 1 heterocycles. The normalized spacial score (nSPS) is 14.8. The molecule has 0 bridgehead atoms. The largest absolute Gasteiger partial charge is 0.399 e. The summed E-state index contributed by atoms with van der Waals surface area (Å²) in [5.74, 6) is 1.70. The maximum Gasteiger partial charge on any atom is 0.117 e. The van der Waals surface area contributed by atoms with Crippen LogP contribution in [-0.4, -0.2) is 9.55 Å². The Balaban J connectivity index is 2.03. The van der Waals surface area contributed by atoms with E-state index < -0.39 is 0 Å². The van der Waals surface area contributed by atoms with Crippen molar-refractivity contribution in [3.05, 3.63) is 50.8 Å². The second kappa shape index (κ2) is 4.88. The highest BCUT2D eigenvalue weighted by atomic mass is 127. The van der Waals surface area contributed by atoms with Crippen LogP contribution in [0.5, 0.6) is 0 Å². The third-order valence-corrected chi connectivity index (χ3v) is 4.90. The van der Waals surface area contributed by atoms with E-state index in [4.69, 9.17) is 22.3 Å². The van der Waals surface area contributed by atoms with Crippen LogP contribution in [0.4, 0.5) is 5.69 Å². The number of nitrogens with zero attached hydrogens (tertiary/aromatic N) is 2. The lowest BCUT2D eigenvalue weighted by atomic mass is 10.2. The number of hydrogen-bond acceptors (Lipinski definition) is 2. The van der Waals surface area contributed by atoms with Gasteiger partial charge in [0.25, 0.3) is 0 Å². The summed E-state index contributed by atoms with van der Waals surface area (Å²) in [4.78, 5) is 4.82. The number of anilines is 1. The van der Waals surface area contributed by atoms with Crippen molar-refractivity contribution in [3.63, 3.8) is 0 Å². The predicted molar refractivity (Wildman–Crippen MR) is 95.2 cm³/mol. The lowest BCUT2D eigenvalue weighted by molar-refractivity contribution is 0.893. The molecule has 106 valence electrons. The van der Waals surface area contributed by atoms with Crippen LogP contribution in [0, 0.1) is 3.57 Å². The number of benzene rings is 2. The van der Waals surface area contributed by atoms with Gasteiger partial charge in [-0.15, -0.1) is 0 Å². The van der Waals surface area contributed by atoms with E-state index in [0.717, 1.165) is 36.8 Å². The SMILES string of the molecule is Nc1ccc2c(c1)nc(C1CC1)n2-c1ccc(Cl)cc1I. The second-order valence-corrected chi connectivity index (χ2v) is 7.02. The molecule has 3 nitrogen and oxygen atoms in total. The minimum Gasteiger partial charge on any atom is -0.399 e. The molecule has 2 aromatic carbocycles. The maximum absolute atomic E-state index is 6.09. The monoisotopic (exact) mass is 409 g/mol. The Hall–Kier alpha value is -1.27. The topological polar surface area (TPSA) is 43.8 Å². The van der Waals surface area contributed by atoms with Crippen molar-refractivity contribution in [2.45, 2.75) is 18.8 Å². The highest BCUT2D eigenvalue weighted by Crippen LogP contribution is 2.42. The zero-order chi connectivity index (χ0) is 14.6. The fourth-order valence-electron chi connectivity index (χ4n) is 2.65. The first kappa shape index (κ1) is 13.4. The Kier molecular flexibility index (Phi) is 3.11. The summed E-state index contributed by atoms with van der Waals surface area (Å²) in [7, 11) is 0. The molecule has 2 N–H and O–H groups in total. The average Bonchev–Trinajstić information content (AvgIpc) is 3.21. The van der Waals surface area contributed by atoms with Gasteiger partial charge >= 0.3 is 0 Å². The lowest BCUT2D eigenvalue weighted by Gasteiger charge is -2.11. The maximum atomic E-state index is 6.09. The van der Waals surface area contributed by atoms with E-state index in [1.54, 1.807) is 0 Å². The molecule has 4 rings (SSSR count). The van der Waals surface area contributed by atoms with Crippen molar-refractivity contribution in [1.82, 2.24) is 9.55 Å². The Morgan fingerprint density at radius 2 is 2.00 bits per heavy atom. The highest BCUT2D eigenvalue weighted by molar-refractivity contribution is 14.1. The van der Waals surface area contributed by atoms with Crippen molar-refractivity contribution in [3.8, 4) is 5.69 Å². The van der Waals surface area contributed by atoms with Crippen LogP contribution in [-0.2, 0) is 0 Å². The van der Waals surface area contributed by atoms with Crippen LogP contribution >= 0.6 is 34.2 Å². The summed E-state index contributed by atoms with van der Waals surface area (Å²) >= 11 is 8.42.